The molecule has 3 rings (SSSR count). The Balaban J connectivity index is 1.54. The number of nitrogens with one attached hydrogen (secondary N) is 2. The van der Waals surface area contributed by atoms with E-state index >= 15 is 0 Å². The number of carbonyl (C=O) groups is 3. The number of fused-ring (bicyclic) bond motifs is 3. The Kier molecular flexibility index (Phi) is 8.65. The Labute approximate surface area is 199 Å². The van der Waals surface area contributed by atoms with Crippen LogP contribution < -0.4 is 10.6 Å². The van der Waals surface area contributed by atoms with Crippen LogP contribution >= 0.6 is 0 Å². The van der Waals surface area contributed by atoms with Crippen molar-refractivity contribution in [3.8, 4) is 11.1 Å². The van der Waals surface area contributed by atoms with Crippen molar-refractivity contribution in [2.45, 2.75) is 44.8 Å². The summed E-state index contributed by atoms with van der Waals surface area (Å²) in [5, 5.41) is 14.5. The molecule has 0 bridgehead atoms. The van der Waals surface area contributed by atoms with Crippen molar-refractivity contribution in [2.75, 3.05) is 20.3 Å². The normalized spacial score (nSPS) is 14.9. The minimum atomic E-state index is -1.10. The number of alkyl carbamates (subject to hydrolysis) is 1. The molecule has 8 nitrogen and oxygen atoms in total. The van der Waals surface area contributed by atoms with Gasteiger partial charge in [0.2, 0.25) is 0 Å². The molecule has 8 heteroatoms. The van der Waals surface area contributed by atoms with Crippen molar-refractivity contribution in [3.63, 3.8) is 0 Å². The summed E-state index contributed by atoms with van der Waals surface area (Å²) >= 11 is 0. The summed E-state index contributed by atoms with van der Waals surface area (Å²) in [6.07, 6.45) is -0.602. The van der Waals surface area contributed by atoms with Crippen LogP contribution in [0.25, 0.3) is 11.1 Å². The van der Waals surface area contributed by atoms with E-state index in [4.69, 9.17) is 9.47 Å². The molecular weight excluding hydrogens is 436 g/mol. The number of rotatable bonds is 11. The molecule has 3 unspecified atom stereocenters. The van der Waals surface area contributed by atoms with Crippen molar-refractivity contribution in [1.82, 2.24) is 10.6 Å². The molecule has 2 aromatic carbocycles. The van der Waals surface area contributed by atoms with Gasteiger partial charge in [0.1, 0.15) is 12.6 Å². The number of amides is 2. The first-order valence-electron chi connectivity index (χ1n) is 11.5. The van der Waals surface area contributed by atoms with E-state index < -0.39 is 30.1 Å². The van der Waals surface area contributed by atoms with Crippen molar-refractivity contribution in [2.24, 2.45) is 5.92 Å². The van der Waals surface area contributed by atoms with E-state index in [1.54, 1.807) is 0 Å². The fourth-order valence-corrected chi connectivity index (χ4v) is 4.16. The lowest BCUT2D eigenvalue weighted by atomic mass is 9.98. The maximum Gasteiger partial charge on any atom is 0.407 e. The first kappa shape index (κ1) is 25.2. The summed E-state index contributed by atoms with van der Waals surface area (Å²) in [5.74, 6) is -1.64. The van der Waals surface area contributed by atoms with E-state index in [2.05, 4.69) is 22.8 Å². The number of aliphatic carboxylic acids is 1. The minimum absolute atomic E-state index is 0.0726. The van der Waals surface area contributed by atoms with Crippen molar-refractivity contribution in [1.29, 1.82) is 0 Å². The highest BCUT2D eigenvalue weighted by atomic mass is 16.5. The van der Waals surface area contributed by atoms with Crippen LogP contribution in [0.2, 0.25) is 0 Å². The molecule has 0 fully saturated rings. The van der Waals surface area contributed by atoms with Crippen LogP contribution in [0.4, 0.5) is 4.79 Å². The zero-order valence-electron chi connectivity index (χ0n) is 19.7. The van der Waals surface area contributed by atoms with Crippen LogP contribution in [0.3, 0.4) is 0 Å². The molecule has 0 heterocycles. The van der Waals surface area contributed by atoms with E-state index in [0.717, 1.165) is 28.7 Å². The highest BCUT2D eigenvalue weighted by Gasteiger charge is 2.30. The predicted octanol–water partition coefficient (Wildman–Crippen LogP) is 3.55. The van der Waals surface area contributed by atoms with Crippen LogP contribution in [0.5, 0.6) is 0 Å². The number of methoxy groups -OCH3 is 1. The lowest BCUT2D eigenvalue weighted by Crippen LogP contribution is -2.50. The standard InChI is InChI=1S/C26H32N2O6/c1-4-16(2)13-22(25(30)31)28-24(29)23(33-3)14-27-26(32)34-15-21-19-11-7-5-9-17(19)18-10-6-8-12-20(18)21/h5-12,16,21-23H,4,13-15H2,1-3H3,(H,27,32)(H,28,29)(H,30,31). The number of ether oxygens (including phenoxy) is 2. The second-order valence-corrected chi connectivity index (χ2v) is 8.58. The molecule has 0 saturated carbocycles. The summed E-state index contributed by atoms with van der Waals surface area (Å²) in [6.45, 7) is 3.89. The Hall–Kier alpha value is -3.39. The highest BCUT2D eigenvalue weighted by molar-refractivity contribution is 5.87. The van der Waals surface area contributed by atoms with Crippen molar-refractivity contribution < 1.29 is 29.0 Å². The van der Waals surface area contributed by atoms with Gasteiger partial charge in [0, 0.05) is 13.0 Å². The van der Waals surface area contributed by atoms with E-state index in [1.165, 1.54) is 7.11 Å². The minimum Gasteiger partial charge on any atom is -0.480 e. The van der Waals surface area contributed by atoms with Crippen LogP contribution in [-0.4, -0.2) is 55.5 Å². The van der Waals surface area contributed by atoms with Gasteiger partial charge in [-0.2, -0.15) is 0 Å². The molecule has 3 atom stereocenters. The maximum atomic E-state index is 12.5. The lowest BCUT2D eigenvalue weighted by Gasteiger charge is -2.21. The molecule has 0 aliphatic heterocycles. The number of carbonyl (C=O) groups excluding carboxylic acids is 2. The Morgan fingerprint density at radius 3 is 2.15 bits per heavy atom. The summed E-state index contributed by atoms with van der Waals surface area (Å²) in [6, 6.07) is 15.1. The number of carboxylic acid groups (broad SMARTS) is 1. The van der Waals surface area contributed by atoms with Gasteiger partial charge in [0.05, 0.1) is 6.54 Å². The maximum absolute atomic E-state index is 12.5. The smallest absolute Gasteiger partial charge is 0.407 e. The van der Waals surface area contributed by atoms with Gasteiger partial charge in [0.15, 0.2) is 6.10 Å². The molecule has 0 spiro atoms. The zero-order valence-corrected chi connectivity index (χ0v) is 19.7. The Morgan fingerprint density at radius 2 is 1.62 bits per heavy atom. The van der Waals surface area contributed by atoms with Crippen LogP contribution in [0.15, 0.2) is 48.5 Å². The van der Waals surface area contributed by atoms with Crippen LogP contribution in [-0.2, 0) is 19.1 Å². The molecule has 0 saturated heterocycles. The van der Waals surface area contributed by atoms with Gasteiger partial charge in [-0.25, -0.2) is 9.59 Å². The monoisotopic (exact) mass is 468 g/mol. The summed E-state index contributed by atoms with van der Waals surface area (Å²) in [5.41, 5.74) is 4.47. The molecule has 0 radical (unpaired) electrons. The van der Waals surface area contributed by atoms with E-state index in [-0.39, 0.29) is 25.0 Å². The topological polar surface area (TPSA) is 114 Å². The highest BCUT2D eigenvalue weighted by Crippen LogP contribution is 2.44. The second kappa shape index (κ2) is 11.7. The quantitative estimate of drug-likeness (QED) is 0.465. The van der Waals surface area contributed by atoms with Crippen molar-refractivity contribution >= 4 is 18.0 Å². The largest absolute Gasteiger partial charge is 0.480 e. The summed E-state index contributed by atoms with van der Waals surface area (Å²) in [4.78, 5) is 36.4. The first-order valence-corrected chi connectivity index (χ1v) is 11.5. The molecule has 2 aromatic rings. The third kappa shape index (κ3) is 5.94. The fourth-order valence-electron chi connectivity index (χ4n) is 4.16. The van der Waals surface area contributed by atoms with Gasteiger partial charge < -0.3 is 25.2 Å². The number of hydrogen-bond donors (Lipinski definition) is 3. The van der Waals surface area contributed by atoms with Crippen LogP contribution in [0, 0.1) is 5.92 Å². The molecule has 3 N–H and O–H groups in total. The number of hydrogen-bond acceptors (Lipinski definition) is 5. The van der Waals surface area contributed by atoms with E-state index in [0.29, 0.717) is 6.42 Å². The molecule has 2 amide bonds. The summed E-state index contributed by atoms with van der Waals surface area (Å²) in [7, 11) is 1.33. The van der Waals surface area contributed by atoms with E-state index in [1.807, 2.05) is 50.2 Å². The van der Waals surface area contributed by atoms with Gasteiger partial charge in [-0.05, 0) is 34.6 Å². The molecule has 1 aliphatic rings. The molecular formula is C26H32N2O6. The van der Waals surface area contributed by atoms with Gasteiger partial charge in [-0.1, -0.05) is 68.8 Å². The molecule has 0 aromatic heterocycles. The molecule has 1 aliphatic carbocycles. The molecule has 34 heavy (non-hydrogen) atoms. The van der Waals surface area contributed by atoms with Gasteiger partial charge in [0.25, 0.3) is 5.91 Å². The molecule has 182 valence electrons. The third-order valence-electron chi connectivity index (χ3n) is 6.30. The zero-order chi connectivity index (χ0) is 24.7. The van der Waals surface area contributed by atoms with Gasteiger partial charge >= 0.3 is 12.1 Å². The average molecular weight is 469 g/mol. The van der Waals surface area contributed by atoms with Crippen molar-refractivity contribution in [3.05, 3.63) is 59.7 Å². The number of benzene rings is 2. The predicted molar refractivity (Wildman–Crippen MR) is 128 cm³/mol. The second-order valence-electron chi connectivity index (χ2n) is 8.58. The Bertz CT molecular complexity index is 978. The Morgan fingerprint density at radius 1 is 1.03 bits per heavy atom. The average Bonchev–Trinajstić information content (AvgIpc) is 3.16. The third-order valence-corrected chi connectivity index (χ3v) is 6.30. The fraction of sp³-hybridized carbons (Fsp3) is 0.423. The van der Waals surface area contributed by atoms with Gasteiger partial charge in [-0.15, -0.1) is 0 Å². The van der Waals surface area contributed by atoms with Gasteiger partial charge in [-0.3, -0.25) is 4.79 Å². The summed E-state index contributed by atoms with van der Waals surface area (Å²) < 4.78 is 10.6. The SMILES string of the molecule is CCC(C)CC(NC(=O)C(CNC(=O)OCC1c2ccccc2-c2ccccc21)OC)C(=O)O. The number of carboxylic acids is 1. The van der Waals surface area contributed by atoms with Crippen LogP contribution in [0.1, 0.15) is 43.7 Å². The van der Waals surface area contributed by atoms with E-state index in [9.17, 15) is 19.5 Å². The lowest BCUT2D eigenvalue weighted by molar-refractivity contribution is -0.144. The first-order chi connectivity index (χ1) is 16.3.